The smallest absolute Gasteiger partial charge is 0.341 e. The summed E-state index contributed by atoms with van der Waals surface area (Å²) in [6, 6.07) is 25.0. The van der Waals surface area contributed by atoms with E-state index in [-0.39, 0.29) is 12.7 Å². The minimum atomic E-state index is -0.530. The number of nitrogens with one attached hydrogen (secondary N) is 1. The van der Waals surface area contributed by atoms with Gasteiger partial charge in [0.15, 0.2) is 11.5 Å². The first kappa shape index (κ1) is 23.6. The molecule has 0 saturated heterocycles. The number of carbonyl (C=O) groups excluding carboxylic acids is 2. The summed E-state index contributed by atoms with van der Waals surface area (Å²) in [5.41, 5.74) is 3.93. The van der Waals surface area contributed by atoms with Gasteiger partial charge in [-0.05, 0) is 41.3 Å². The second kappa shape index (κ2) is 10.3. The van der Waals surface area contributed by atoms with Crippen LogP contribution in [-0.2, 0) is 16.0 Å². The summed E-state index contributed by atoms with van der Waals surface area (Å²) in [5, 5.41) is 3.53. The molecule has 1 N–H and O–H groups in total. The molecule has 0 atom stereocenters. The number of methoxy groups -OCH3 is 1. The molecule has 3 aromatic carbocycles. The molecule has 0 unspecified atom stereocenters. The summed E-state index contributed by atoms with van der Waals surface area (Å²) in [4.78, 5) is 27.4. The van der Waals surface area contributed by atoms with Gasteiger partial charge in [-0.25, -0.2) is 4.79 Å². The molecule has 4 aromatic rings. The van der Waals surface area contributed by atoms with Gasteiger partial charge in [-0.3, -0.25) is 4.79 Å². The molecule has 0 spiro atoms. The van der Waals surface area contributed by atoms with E-state index in [9.17, 15) is 9.59 Å². The fraction of sp³-hybridized carbons (Fsp3) is 0.172. The Balaban J connectivity index is 1.48. The van der Waals surface area contributed by atoms with E-state index in [2.05, 4.69) is 5.32 Å². The summed E-state index contributed by atoms with van der Waals surface area (Å²) >= 11 is 1.39. The fourth-order valence-corrected chi connectivity index (χ4v) is 5.60. The molecule has 1 amide bonds. The second-order valence-corrected chi connectivity index (χ2v) is 9.56. The lowest BCUT2D eigenvalue weighted by Crippen LogP contribution is -2.23. The third-order valence-electron chi connectivity index (χ3n) is 6.20. The molecule has 0 bridgehead atoms. The van der Waals surface area contributed by atoms with Crippen LogP contribution in [0.4, 0.5) is 5.00 Å². The van der Waals surface area contributed by atoms with Gasteiger partial charge in [-0.2, -0.15) is 0 Å². The molecule has 0 aliphatic carbocycles. The van der Waals surface area contributed by atoms with Crippen molar-refractivity contribution in [3.05, 3.63) is 112 Å². The van der Waals surface area contributed by atoms with Crippen molar-refractivity contribution in [2.24, 2.45) is 0 Å². The van der Waals surface area contributed by atoms with Gasteiger partial charge < -0.3 is 19.5 Å². The first-order chi connectivity index (χ1) is 17.5. The van der Waals surface area contributed by atoms with E-state index < -0.39 is 11.9 Å². The summed E-state index contributed by atoms with van der Waals surface area (Å²) in [5.74, 6) is 0.202. The van der Waals surface area contributed by atoms with E-state index in [4.69, 9.17) is 14.2 Å². The quantitative estimate of drug-likeness (QED) is 0.319. The molecule has 2 heterocycles. The third-order valence-corrected chi connectivity index (χ3v) is 7.41. The van der Waals surface area contributed by atoms with Crippen LogP contribution in [0.3, 0.4) is 0 Å². The molecule has 1 aliphatic heterocycles. The zero-order valence-electron chi connectivity index (χ0n) is 19.9. The molecule has 0 fully saturated rings. The molecule has 0 saturated carbocycles. The van der Waals surface area contributed by atoms with Crippen molar-refractivity contribution in [1.82, 2.24) is 0 Å². The number of ether oxygens (including phenoxy) is 3. The molecule has 5 rings (SSSR count). The zero-order valence-corrected chi connectivity index (χ0v) is 20.8. The van der Waals surface area contributed by atoms with Gasteiger partial charge in [0.2, 0.25) is 12.7 Å². The lowest BCUT2D eigenvalue weighted by molar-refractivity contribution is -0.116. The lowest BCUT2D eigenvalue weighted by Gasteiger charge is -2.18. The highest BCUT2D eigenvalue weighted by molar-refractivity contribution is 7.17. The first-order valence-corrected chi connectivity index (χ1v) is 12.4. The maximum atomic E-state index is 13.7. The van der Waals surface area contributed by atoms with Crippen LogP contribution in [0, 0.1) is 6.92 Å². The van der Waals surface area contributed by atoms with Gasteiger partial charge in [0.05, 0.1) is 18.6 Å². The Bertz CT molecular complexity index is 1360. The van der Waals surface area contributed by atoms with Crippen molar-refractivity contribution in [3.63, 3.8) is 0 Å². The standard InChI is InChI=1S/C29H25NO5S/c1-18-24(16-19-13-14-22-23(15-19)35-17-34-22)36-28(25(18)29(32)33-2)30-27(31)26(20-9-5-3-6-10-20)21-11-7-4-8-12-21/h3-15,26H,16-17H2,1-2H3,(H,30,31). The summed E-state index contributed by atoms with van der Waals surface area (Å²) < 4.78 is 16.0. The topological polar surface area (TPSA) is 73.9 Å². The molecule has 1 aromatic heterocycles. The van der Waals surface area contributed by atoms with Gasteiger partial charge in [0.25, 0.3) is 0 Å². The van der Waals surface area contributed by atoms with Crippen LogP contribution in [-0.4, -0.2) is 25.8 Å². The normalized spacial score (nSPS) is 12.0. The van der Waals surface area contributed by atoms with Gasteiger partial charge in [-0.1, -0.05) is 66.7 Å². The number of anilines is 1. The van der Waals surface area contributed by atoms with Crippen molar-refractivity contribution in [1.29, 1.82) is 0 Å². The predicted molar refractivity (Wildman–Crippen MR) is 139 cm³/mol. The molecule has 0 radical (unpaired) electrons. The Hall–Kier alpha value is -4.10. The SMILES string of the molecule is COC(=O)c1c(NC(=O)C(c2ccccc2)c2ccccc2)sc(Cc2ccc3c(c2)OCO3)c1C. The van der Waals surface area contributed by atoms with Gasteiger partial charge in [-0.15, -0.1) is 11.3 Å². The number of hydrogen-bond donors (Lipinski definition) is 1. The van der Waals surface area contributed by atoms with E-state index >= 15 is 0 Å². The van der Waals surface area contributed by atoms with Crippen molar-refractivity contribution >= 4 is 28.2 Å². The van der Waals surface area contributed by atoms with Gasteiger partial charge in [0.1, 0.15) is 5.00 Å². The summed E-state index contributed by atoms with van der Waals surface area (Å²) in [6.45, 7) is 2.09. The predicted octanol–water partition coefficient (Wildman–Crippen LogP) is 5.93. The van der Waals surface area contributed by atoms with Crippen LogP contribution < -0.4 is 14.8 Å². The molecule has 1 aliphatic rings. The number of amides is 1. The van der Waals surface area contributed by atoms with Crippen LogP contribution in [0.1, 0.15) is 43.4 Å². The van der Waals surface area contributed by atoms with Crippen LogP contribution in [0.15, 0.2) is 78.9 Å². The first-order valence-electron chi connectivity index (χ1n) is 11.5. The highest BCUT2D eigenvalue weighted by atomic mass is 32.1. The Morgan fingerprint density at radius 1 is 0.944 bits per heavy atom. The second-order valence-electron chi connectivity index (χ2n) is 8.45. The molecule has 6 nitrogen and oxygen atoms in total. The lowest BCUT2D eigenvalue weighted by atomic mass is 9.90. The number of rotatable bonds is 7. The minimum absolute atomic E-state index is 0.212. The maximum absolute atomic E-state index is 13.7. The number of thiophene rings is 1. The van der Waals surface area contributed by atoms with Crippen LogP contribution in [0.25, 0.3) is 0 Å². The van der Waals surface area contributed by atoms with Gasteiger partial charge in [0, 0.05) is 11.3 Å². The fourth-order valence-electron chi connectivity index (χ4n) is 4.37. The Morgan fingerprint density at radius 2 is 1.58 bits per heavy atom. The van der Waals surface area contributed by atoms with Crippen molar-refractivity contribution in [2.75, 3.05) is 19.2 Å². The maximum Gasteiger partial charge on any atom is 0.341 e. The third kappa shape index (κ3) is 4.70. The Labute approximate surface area is 213 Å². The Kier molecular flexibility index (Phi) is 6.73. The minimum Gasteiger partial charge on any atom is -0.465 e. The largest absolute Gasteiger partial charge is 0.465 e. The average Bonchev–Trinajstić information content (AvgIpc) is 3.49. The summed E-state index contributed by atoms with van der Waals surface area (Å²) in [6.07, 6.45) is 0.577. The number of hydrogen-bond acceptors (Lipinski definition) is 6. The van der Waals surface area contributed by atoms with Crippen LogP contribution >= 0.6 is 11.3 Å². The summed E-state index contributed by atoms with van der Waals surface area (Å²) in [7, 11) is 1.35. The van der Waals surface area contributed by atoms with Crippen molar-refractivity contribution in [2.45, 2.75) is 19.3 Å². The number of esters is 1. The van der Waals surface area contributed by atoms with E-state index in [1.165, 1.54) is 18.4 Å². The van der Waals surface area contributed by atoms with E-state index in [0.717, 1.165) is 32.9 Å². The molecular formula is C29H25NO5S. The zero-order chi connectivity index (χ0) is 25.1. The highest BCUT2D eigenvalue weighted by Crippen LogP contribution is 2.38. The van der Waals surface area contributed by atoms with Gasteiger partial charge >= 0.3 is 5.97 Å². The van der Waals surface area contributed by atoms with Crippen molar-refractivity contribution < 1.29 is 23.8 Å². The van der Waals surface area contributed by atoms with E-state index in [1.54, 1.807) is 0 Å². The van der Waals surface area contributed by atoms with Crippen LogP contribution in [0.5, 0.6) is 11.5 Å². The number of benzene rings is 3. The Morgan fingerprint density at radius 3 is 2.22 bits per heavy atom. The average molecular weight is 500 g/mol. The number of fused-ring (bicyclic) bond motifs is 1. The molecule has 7 heteroatoms. The van der Waals surface area contributed by atoms with Crippen molar-refractivity contribution in [3.8, 4) is 11.5 Å². The molecule has 182 valence electrons. The monoisotopic (exact) mass is 499 g/mol. The van der Waals surface area contributed by atoms with Crippen LogP contribution in [0.2, 0.25) is 0 Å². The molecular weight excluding hydrogens is 474 g/mol. The van der Waals surface area contributed by atoms with E-state index in [0.29, 0.717) is 22.7 Å². The highest BCUT2D eigenvalue weighted by Gasteiger charge is 2.28. The molecule has 36 heavy (non-hydrogen) atoms. The number of carbonyl (C=O) groups is 2. The van der Waals surface area contributed by atoms with E-state index in [1.807, 2.05) is 85.8 Å².